The van der Waals surface area contributed by atoms with Gasteiger partial charge in [0.05, 0.1) is 6.20 Å². The topological polar surface area (TPSA) is 60.1 Å². The van der Waals surface area contributed by atoms with E-state index in [9.17, 15) is 9.59 Å². The summed E-state index contributed by atoms with van der Waals surface area (Å²) in [5.74, 6) is -0.0389. The minimum absolute atomic E-state index is 0.0132. The van der Waals surface area contributed by atoms with E-state index in [1.807, 2.05) is 41.3 Å². The predicted octanol–water partition coefficient (Wildman–Crippen LogP) is 3.33. The van der Waals surface area contributed by atoms with E-state index < -0.39 is 0 Å². The fourth-order valence-electron chi connectivity index (χ4n) is 4.42. The van der Waals surface area contributed by atoms with Crippen molar-refractivity contribution in [3.8, 4) is 0 Å². The van der Waals surface area contributed by atoms with Crippen LogP contribution in [0.4, 0.5) is 0 Å². The maximum absolute atomic E-state index is 13.5. The van der Waals surface area contributed by atoms with E-state index in [-0.39, 0.29) is 18.0 Å². The molecule has 0 N–H and O–H groups in total. The van der Waals surface area contributed by atoms with Gasteiger partial charge in [-0.3, -0.25) is 9.59 Å². The molecule has 1 aliphatic rings. The summed E-state index contributed by atoms with van der Waals surface area (Å²) >= 11 is 0. The molecule has 1 aliphatic heterocycles. The number of rotatable bonds is 4. The Kier molecular flexibility index (Phi) is 4.62. The van der Waals surface area contributed by atoms with Gasteiger partial charge in [0, 0.05) is 35.9 Å². The molecule has 1 amide bonds. The zero-order valence-corrected chi connectivity index (χ0v) is 17.0. The van der Waals surface area contributed by atoms with Crippen LogP contribution in [0.5, 0.6) is 0 Å². The molecular formula is C24H24N4O2. The third-order valence-corrected chi connectivity index (χ3v) is 6.11. The number of aromatic nitrogens is 3. The van der Waals surface area contributed by atoms with Crippen LogP contribution in [-0.2, 0) is 17.9 Å². The molecule has 0 saturated carbocycles. The Balaban J connectivity index is 1.66. The number of likely N-dealkylation sites (tertiary alicyclic amines) is 1. The highest BCUT2D eigenvalue weighted by Gasteiger charge is 2.21. The second-order valence-electron chi connectivity index (χ2n) is 7.99. The highest BCUT2D eigenvalue weighted by atomic mass is 16.2. The van der Waals surface area contributed by atoms with Gasteiger partial charge in [-0.05, 0) is 37.0 Å². The van der Waals surface area contributed by atoms with Crippen molar-refractivity contribution in [2.24, 2.45) is 0 Å². The van der Waals surface area contributed by atoms with Crippen molar-refractivity contribution in [1.82, 2.24) is 19.2 Å². The third-order valence-electron chi connectivity index (χ3n) is 6.11. The van der Waals surface area contributed by atoms with Crippen LogP contribution in [-0.4, -0.2) is 38.2 Å². The van der Waals surface area contributed by atoms with Crippen molar-refractivity contribution in [3.63, 3.8) is 0 Å². The van der Waals surface area contributed by atoms with E-state index >= 15 is 0 Å². The predicted molar refractivity (Wildman–Crippen MR) is 118 cm³/mol. The quantitative estimate of drug-likeness (QED) is 0.528. The third kappa shape index (κ3) is 3.09. The molecule has 6 nitrogen and oxygen atoms in total. The molecule has 0 aliphatic carbocycles. The van der Waals surface area contributed by atoms with E-state index in [1.54, 1.807) is 6.20 Å². The average Bonchev–Trinajstić information content (AvgIpc) is 3.40. The number of nitrogens with zero attached hydrogens (tertiary/aromatic N) is 4. The van der Waals surface area contributed by atoms with Crippen molar-refractivity contribution in [2.45, 2.75) is 32.9 Å². The van der Waals surface area contributed by atoms with Crippen molar-refractivity contribution >= 4 is 27.7 Å². The molecule has 0 bridgehead atoms. The molecule has 152 valence electrons. The van der Waals surface area contributed by atoms with E-state index in [4.69, 9.17) is 0 Å². The molecular weight excluding hydrogens is 376 g/mol. The smallest absolute Gasteiger partial charge is 0.291 e. The average molecular weight is 400 g/mol. The molecule has 1 fully saturated rings. The maximum Gasteiger partial charge on any atom is 0.291 e. The Morgan fingerprint density at radius 3 is 2.53 bits per heavy atom. The van der Waals surface area contributed by atoms with Gasteiger partial charge in [-0.1, -0.05) is 42.5 Å². The summed E-state index contributed by atoms with van der Waals surface area (Å²) in [4.78, 5) is 27.9. The number of fused-ring (bicyclic) bond motifs is 3. The van der Waals surface area contributed by atoms with Crippen LogP contribution in [0.1, 0.15) is 24.0 Å². The van der Waals surface area contributed by atoms with E-state index in [0.29, 0.717) is 12.1 Å². The van der Waals surface area contributed by atoms with Gasteiger partial charge in [0.25, 0.3) is 5.56 Å². The van der Waals surface area contributed by atoms with Crippen LogP contribution < -0.4 is 5.56 Å². The largest absolute Gasteiger partial charge is 0.341 e. The van der Waals surface area contributed by atoms with Crippen molar-refractivity contribution in [2.75, 3.05) is 13.1 Å². The van der Waals surface area contributed by atoms with Crippen LogP contribution in [0.2, 0.25) is 0 Å². The number of carbonyl (C=O) groups is 1. The first kappa shape index (κ1) is 18.6. The minimum Gasteiger partial charge on any atom is -0.341 e. The van der Waals surface area contributed by atoms with E-state index in [1.165, 1.54) is 10.2 Å². The number of hydrogen-bond acceptors (Lipinski definition) is 3. The Hall–Kier alpha value is -3.41. The molecule has 0 atom stereocenters. The molecule has 0 radical (unpaired) electrons. The van der Waals surface area contributed by atoms with Crippen molar-refractivity contribution < 1.29 is 4.79 Å². The zero-order valence-electron chi connectivity index (χ0n) is 17.0. The first-order chi connectivity index (χ1) is 14.6. The summed E-state index contributed by atoms with van der Waals surface area (Å²) in [6.07, 6.45) is 3.78. The van der Waals surface area contributed by atoms with Gasteiger partial charge in [-0.2, -0.15) is 5.10 Å². The van der Waals surface area contributed by atoms with Crippen LogP contribution >= 0.6 is 0 Å². The summed E-state index contributed by atoms with van der Waals surface area (Å²) in [6.45, 7) is 4.20. The van der Waals surface area contributed by atoms with E-state index in [0.717, 1.165) is 47.8 Å². The Morgan fingerprint density at radius 2 is 1.73 bits per heavy atom. The number of hydrogen-bond donors (Lipinski definition) is 0. The highest BCUT2D eigenvalue weighted by Crippen LogP contribution is 2.27. The number of benzene rings is 2. The summed E-state index contributed by atoms with van der Waals surface area (Å²) in [6, 6.07) is 16.2. The minimum atomic E-state index is -0.218. The lowest BCUT2D eigenvalue weighted by molar-refractivity contribution is -0.131. The second kappa shape index (κ2) is 7.44. The lowest BCUT2D eigenvalue weighted by atomic mass is 10.1. The number of aryl methyl sites for hydroxylation is 1. The first-order valence-corrected chi connectivity index (χ1v) is 10.4. The SMILES string of the molecule is Cc1ccccc1Cn1c2ccccc2c2cnn(CC(=O)N3CCCC3)c(=O)c21. The molecule has 6 heteroatoms. The van der Waals surface area contributed by atoms with Gasteiger partial charge in [-0.25, -0.2) is 4.68 Å². The van der Waals surface area contributed by atoms with Gasteiger partial charge in [0.2, 0.25) is 5.91 Å². The van der Waals surface area contributed by atoms with Gasteiger partial charge in [-0.15, -0.1) is 0 Å². The maximum atomic E-state index is 13.5. The zero-order chi connectivity index (χ0) is 20.7. The molecule has 5 rings (SSSR count). The fraction of sp³-hybridized carbons (Fsp3) is 0.292. The Labute approximate surface area is 174 Å². The van der Waals surface area contributed by atoms with Crippen molar-refractivity contribution in [3.05, 3.63) is 76.2 Å². The molecule has 1 saturated heterocycles. The number of amides is 1. The molecule has 2 aromatic carbocycles. The summed E-state index contributed by atoms with van der Waals surface area (Å²) < 4.78 is 3.38. The van der Waals surface area contributed by atoms with Gasteiger partial charge < -0.3 is 9.47 Å². The van der Waals surface area contributed by atoms with Gasteiger partial charge in [0.15, 0.2) is 0 Å². The van der Waals surface area contributed by atoms with Gasteiger partial charge >= 0.3 is 0 Å². The second-order valence-corrected chi connectivity index (χ2v) is 7.99. The number of para-hydroxylation sites is 1. The lowest BCUT2D eigenvalue weighted by Gasteiger charge is -2.15. The molecule has 30 heavy (non-hydrogen) atoms. The molecule has 4 aromatic rings. The summed E-state index contributed by atoms with van der Waals surface area (Å²) in [5.41, 5.74) is 3.73. The molecule has 2 aromatic heterocycles. The van der Waals surface area contributed by atoms with Crippen LogP contribution in [0, 0.1) is 6.92 Å². The number of carbonyl (C=O) groups excluding carboxylic acids is 1. The molecule has 3 heterocycles. The summed E-state index contributed by atoms with van der Waals surface area (Å²) in [5, 5.41) is 6.18. The Morgan fingerprint density at radius 1 is 1.00 bits per heavy atom. The van der Waals surface area contributed by atoms with Gasteiger partial charge in [0.1, 0.15) is 12.1 Å². The summed E-state index contributed by atoms with van der Waals surface area (Å²) in [7, 11) is 0. The Bertz CT molecular complexity index is 1310. The molecule has 0 spiro atoms. The molecule has 0 unspecified atom stereocenters. The standard InChI is InChI=1S/C24H24N4O2/c1-17-8-2-3-9-18(17)15-27-21-11-5-4-10-19(21)20-14-25-28(24(30)23(20)27)16-22(29)26-12-6-7-13-26/h2-5,8-11,14H,6-7,12-13,15-16H2,1H3. The lowest BCUT2D eigenvalue weighted by Crippen LogP contribution is -2.36. The van der Waals surface area contributed by atoms with Crippen LogP contribution in [0.15, 0.2) is 59.5 Å². The fourth-order valence-corrected chi connectivity index (χ4v) is 4.42. The van der Waals surface area contributed by atoms with Crippen molar-refractivity contribution in [1.29, 1.82) is 0 Å². The monoisotopic (exact) mass is 400 g/mol. The first-order valence-electron chi connectivity index (χ1n) is 10.4. The van der Waals surface area contributed by atoms with E-state index in [2.05, 4.69) is 28.7 Å². The highest BCUT2D eigenvalue weighted by molar-refractivity contribution is 6.07. The van der Waals surface area contributed by atoms with Crippen LogP contribution in [0.25, 0.3) is 21.8 Å². The normalized spacial score (nSPS) is 14.1. The van der Waals surface area contributed by atoms with Crippen LogP contribution in [0.3, 0.4) is 0 Å².